The van der Waals surface area contributed by atoms with E-state index in [1.54, 1.807) is 18.2 Å². The third-order valence-corrected chi connectivity index (χ3v) is 2.09. The number of aliphatic hydroxyl groups is 1. The Bertz CT molecular complexity index is 336. The normalized spacial score (nSPS) is 17.4. The first-order valence-electron chi connectivity index (χ1n) is 4.79. The van der Waals surface area contributed by atoms with Crippen molar-refractivity contribution in [3.63, 3.8) is 0 Å². The number of allylic oxidation sites excluding steroid dienone is 5. The molecule has 0 heterocycles. The molecule has 3 heteroatoms. The Labute approximate surface area is 89.2 Å². The van der Waals surface area contributed by atoms with Crippen LogP contribution in [0.2, 0.25) is 0 Å². The molecule has 0 aromatic heterocycles. The molecule has 0 aromatic rings. The summed E-state index contributed by atoms with van der Waals surface area (Å²) in [7, 11) is 0. The average Bonchev–Trinajstić information content (AvgIpc) is 2.50. The minimum Gasteiger partial charge on any atom is -0.375 e. The predicted octanol–water partition coefficient (Wildman–Crippen LogP) is 1.31. The second-order valence-corrected chi connectivity index (χ2v) is 3.15. The maximum absolute atomic E-state index is 11.9. The van der Waals surface area contributed by atoms with Gasteiger partial charge in [-0.25, -0.2) is 4.39 Å². The number of rotatable bonds is 4. The van der Waals surface area contributed by atoms with E-state index in [1.807, 2.05) is 6.08 Å². The van der Waals surface area contributed by atoms with Crippen molar-refractivity contribution >= 4 is 0 Å². The first kappa shape index (κ1) is 11.7. The first-order valence-corrected chi connectivity index (χ1v) is 4.79. The van der Waals surface area contributed by atoms with Gasteiger partial charge in [0.2, 0.25) is 0 Å². The van der Waals surface area contributed by atoms with E-state index in [0.717, 1.165) is 11.1 Å². The number of terminal acetylenes is 1. The fraction of sp³-hybridized carbons (Fsp3) is 0.333. The standard InChI is InChI=1S/C12H14FNO/c1-2-10-4-3-5-11(7-6-10)12(15)14-9-8-13/h1,3-6,12,14-15H,7-9H2. The molecule has 0 saturated carbocycles. The minimum atomic E-state index is -0.807. The van der Waals surface area contributed by atoms with Crippen LogP contribution in [-0.4, -0.2) is 24.6 Å². The van der Waals surface area contributed by atoms with Crippen LogP contribution in [0.4, 0.5) is 4.39 Å². The molecular weight excluding hydrogens is 193 g/mol. The quantitative estimate of drug-likeness (QED) is 0.538. The molecular formula is C12H14FNO. The van der Waals surface area contributed by atoms with Crippen LogP contribution >= 0.6 is 0 Å². The van der Waals surface area contributed by atoms with Gasteiger partial charge in [0, 0.05) is 12.1 Å². The second kappa shape index (κ2) is 6.18. The van der Waals surface area contributed by atoms with Crippen molar-refractivity contribution in [2.75, 3.05) is 13.2 Å². The van der Waals surface area contributed by atoms with Crippen LogP contribution in [-0.2, 0) is 0 Å². The fourth-order valence-corrected chi connectivity index (χ4v) is 1.27. The summed E-state index contributed by atoms with van der Waals surface area (Å²) in [6.07, 6.45) is 12.3. The maximum atomic E-state index is 11.9. The van der Waals surface area contributed by atoms with Crippen LogP contribution in [0, 0.1) is 12.3 Å². The van der Waals surface area contributed by atoms with Crippen LogP contribution in [0.1, 0.15) is 6.42 Å². The van der Waals surface area contributed by atoms with Crippen molar-refractivity contribution in [3.8, 4) is 12.3 Å². The lowest BCUT2D eigenvalue weighted by Gasteiger charge is -2.13. The van der Waals surface area contributed by atoms with Crippen LogP contribution in [0.5, 0.6) is 0 Å². The van der Waals surface area contributed by atoms with E-state index in [2.05, 4.69) is 11.2 Å². The Morgan fingerprint density at radius 2 is 2.47 bits per heavy atom. The molecule has 0 amide bonds. The summed E-state index contributed by atoms with van der Waals surface area (Å²) in [6, 6.07) is 0. The molecule has 2 N–H and O–H groups in total. The Kier molecular flexibility index (Phi) is 4.82. The van der Waals surface area contributed by atoms with Crippen molar-refractivity contribution in [2.24, 2.45) is 0 Å². The van der Waals surface area contributed by atoms with Crippen molar-refractivity contribution < 1.29 is 9.50 Å². The van der Waals surface area contributed by atoms with E-state index in [0.29, 0.717) is 6.42 Å². The smallest absolute Gasteiger partial charge is 0.127 e. The summed E-state index contributed by atoms with van der Waals surface area (Å²) < 4.78 is 11.9. The van der Waals surface area contributed by atoms with Crippen LogP contribution in [0.25, 0.3) is 0 Å². The molecule has 0 aliphatic heterocycles. The highest BCUT2D eigenvalue weighted by atomic mass is 19.1. The molecule has 1 aliphatic rings. The van der Waals surface area contributed by atoms with Crippen molar-refractivity contribution in [1.29, 1.82) is 0 Å². The van der Waals surface area contributed by atoms with E-state index < -0.39 is 12.9 Å². The topological polar surface area (TPSA) is 32.3 Å². The molecule has 15 heavy (non-hydrogen) atoms. The van der Waals surface area contributed by atoms with Gasteiger partial charge in [-0.05, 0) is 18.1 Å². The lowest BCUT2D eigenvalue weighted by molar-refractivity contribution is 0.167. The van der Waals surface area contributed by atoms with E-state index in [4.69, 9.17) is 6.42 Å². The molecule has 1 atom stereocenters. The predicted molar refractivity (Wildman–Crippen MR) is 58.7 cm³/mol. The Morgan fingerprint density at radius 3 is 3.13 bits per heavy atom. The maximum Gasteiger partial charge on any atom is 0.127 e. The molecule has 0 aromatic carbocycles. The highest BCUT2D eigenvalue weighted by Gasteiger charge is 2.09. The highest BCUT2D eigenvalue weighted by Crippen LogP contribution is 2.13. The monoisotopic (exact) mass is 207 g/mol. The van der Waals surface area contributed by atoms with Crippen molar-refractivity contribution in [1.82, 2.24) is 5.32 Å². The molecule has 1 rings (SSSR count). The van der Waals surface area contributed by atoms with Gasteiger partial charge in [-0.2, -0.15) is 0 Å². The fourth-order valence-electron chi connectivity index (χ4n) is 1.27. The number of alkyl halides is 1. The zero-order valence-corrected chi connectivity index (χ0v) is 8.41. The van der Waals surface area contributed by atoms with Gasteiger partial charge in [-0.1, -0.05) is 24.1 Å². The molecule has 0 bridgehead atoms. The zero-order chi connectivity index (χ0) is 11.1. The SMILES string of the molecule is C#CC1=CCC(C(O)NCCF)=CC=C1. The number of aliphatic hydroxyl groups excluding tert-OH is 1. The molecule has 2 nitrogen and oxygen atoms in total. The summed E-state index contributed by atoms with van der Waals surface area (Å²) in [5.74, 6) is 2.53. The van der Waals surface area contributed by atoms with Gasteiger partial charge in [0.1, 0.15) is 12.9 Å². The van der Waals surface area contributed by atoms with E-state index in [9.17, 15) is 9.50 Å². The Morgan fingerprint density at radius 1 is 1.67 bits per heavy atom. The summed E-state index contributed by atoms with van der Waals surface area (Å²) in [6.45, 7) is -0.348. The molecule has 0 saturated heterocycles. The summed E-state index contributed by atoms with van der Waals surface area (Å²) >= 11 is 0. The van der Waals surface area contributed by atoms with Gasteiger partial charge < -0.3 is 5.11 Å². The van der Waals surface area contributed by atoms with Gasteiger partial charge in [0.15, 0.2) is 0 Å². The Balaban J connectivity index is 2.58. The lowest BCUT2D eigenvalue weighted by Crippen LogP contribution is -2.32. The Hall–Kier alpha value is -1.37. The van der Waals surface area contributed by atoms with Crippen LogP contribution < -0.4 is 5.32 Å². The molecule has 0 radical (unpaired) electrons. The lowest BCUT2D eigenvalue weighted by atomic mass is 10.1. The first-order chi connectivity index (χ1) is 7.27. The van der Waals surface area contributed by atoms with Crippen LogP contribution in [0.3, 0.4) is 0 Å². The number of nitrogens with one attached hydrogen (secondary N) is 1. The third-order valence-electron chi connectivity index (χ3n) is 2.09. The van der Waals surface area contributed by atoms with Crippen molar-refractivity contribution in [2.45, 2.75) is 12.6 Å². The largest absolute Gasteiger partial charge is 0.375 e. The van der Waals surface area contributed by atoms with Crippen molar-refractivity contribution in [3.05, 3.63) is 35.5 Å². The van der Waals surface area contributed by atoms with Gasteiger partial charge in [-0.15, -0.1) is 6.42 Å². The number of halogens is 1. The number of hydrogen-bond acceptors (Lipinski definition) is 2. The van der Waals surface area contributed by atoms with Crippen LogP contribution in [0.15, 0.2) is 35.5 Å². The molecule has 0 spiro atoms. The molecule has 1 aliphatic carbocycles. The van der Waals surface area contributed by atoms with Gasteiger partial charge >= 0.3 is 0 Å². The second-order valence-electron chi connectivity index (χ2n) is 3.15. The molecule has 0 fully saturated rings. The summed E-state index contributed by atoms with van der Waals surface area (Å²) in [5, 5.41) is 12.3. The number of hydrogen-bond donors (Lipinski definition) is 2. The van der Waals surface area contributed by atoms with Gasteiger partial charge in [0.05, 0.1) is 0 Å². The average molecular weight is 207 g/mol. The summed E-state index contributed by atoms with van der Waals surface area (Å²) in [5.41, 5.74) is 1.57. The van der Waals surface area contributed by atoms with E-state index in [-0.39, 0.29) is 6.54 Å². The zero-order valence-electron chi connectivity index (χ0n) is 8.41. The van der Waals surface area contributed by atoms with Gasteiger partial charge in [-0.3, -0.25) is 5.32 Å². The van der Waals surface area contributed by atoms with E-state index >= 15 is 0 Å². The molecule has 1 unspecified atom stereocenters. The molecule has 80 valence electrons. The summed E-state index contributed by atoms with van der Waals surface area (Å²) in [4.78, 5) is 0. The van der Waals surface area contributed by atoms with E-state index in [1.165, 1.54) is 0 Å². The highest BCUT2D eigenvalue weighted by molar-refractivity contribution is 5.41. The van der Waals surface area contributed by atoms with Gasteiger partial charge in [0.25, 0.3) is 0 Å². The third kappa shape index (κ3) is 3.70. The minimum absolute atomic E-state index is 0.147.